The van der Waals surface area contributed by atoms with E-state index >= 15 is 0 Å². The van der Waals surface area contributed by atoms with E-state index < -0.39 is 17.7 Å². The summed E-state index contributed by atoms with van der Waals surface area (Å²) in [4.78, 5) is 27.7. The average molecular weight is 284 g/mol. The normalized spacial score (nSPS) is 13.2. The van der Waals surface area contributed by atoms with Gasteiger partial charge in [-0.3, -0.25) is 0 Å². The number of carbonyl (C=O) groups is 2. The van der Waals surface area contributed by atoms with Crippen molar-refractivity contribution in [3.05, 3.63) is 16.1 Å². The van der Waals surface area contributed by atoms with Crippen LogP contribution in [0, 0.1) is 0 Å². The summed E-state index contributed by atoms with van der Waals surface area (Å²) in [6.45, 7) is 9.36. The lowest BCUT2D eigenvalue weighted by Gasteiger charge is -2.21. The van der Waals surface area contributed by atoms with Crippen LogP contribution in [0.5, 0.6) is 0 Å². The Morgan fingerprint density at radius 3 is 2.53 bits per heavy atom. The third-order valence-corrected chi connectivity index (χ3v) is 3.53. The second-order valence-corrected chi connectivity index (χ2v) is 6.61. The summed E-state index contributed by atoms with van der Waals surface area (Å²) in [5.74, 6) is 0.299. The molecule has 5 nitrogen and oxygen atoms in total. The van der Waals surface area contributed by atoms with Crippen molar-refractivity contribution in [3.8, 4) is 0 Å². The molecule has 1 N–H and O–H groups in total. The van der Waals surface area contributed by atoms with Gasteiger partial charge in [-0.1, -0.05) is 13.8 Å². The largest absolute Gasteiger partial charge is 0.444 e. The number of nitrogens with one attached hydrogen (secondary N) is 1. The van der Waals surface area contributed by atoms with Crippen LogP contribution in [0.2, 0.25) is 0 Å². The number of amides is 1. The number of carbonyl (C=O) groups excluding carboxylic acids is 2. The zero-order valence-electron chi connectivity index (χ0n) is 11.9. The highest BCUT2D eigenvalue weighted by atomic mass is 32.1. The molecule has 1 unspecified atom stereocenters. The number of thiazole rings is 1. The van der Waals surface area contributed by atoms with E-state index in [4.69, 9.17) is 4.74 Å². The van der Waals surface area contributed by atoms with E-state index in [1.54, 1.807) is 27.0 Å². The number of ether oxygens (including phenoxy) is 1. The number of aldehydes is 1. The fraction of sp³-hybridized carbons (Fsp3) is 0.615. The number of rotatable bonds is 4. The van der Waals surface area contributed by atoms with Crippen LogP contribution in [0.15, 0.2) is 6.20 Å². The van der Waals surface area contributed by atoms with E-state index in [0.29, 0.717) is 17.1 Å². The second-order valence-electron chi connectivity index (χ2n) is 5.52. The Kier molecular flexibility index (Phi) is 5.05. The minimum absolute atomic E-state index is 0.299. The van der Waals surface area contributed by atoms with Gasteiger partial charge in [0.05, 0.1) is 9.88 Å². The van der Waals surface area contributed by atoms with Crippen LogP contribution in [0.3, 0.4) is 0 Å². The van der Waals surface area contributed by atoms with Crippen molar-refractivity contribution < 1.29 is 14.3 Å². The Bertz CT molecular complexity index is 449. The molecule has 1 heterocycles. The van der Waals surface area contributed by atoms with Crippen molar-refractivity contribution in [1.82, 2.24) is 10.3 Å². The highest BCUT2D eigenvalue weighted by Gasteiger charge is 2.21. The van der Waals surface area contributed by atoms with Gasteiger partial charge in [-0.15, -0.1) is 11.3 Å². The summed E-state index contributed by atoms with van der Waals surface area (Å²) >= 11 is 1.42. The Morgan fingerprint density at radius 1 is 1.47 bits per heavy atom. The molecule has 1 aromatic heterocycles. The lowest BCUT2D eigenvalue weighted by Crippen LogP contribution is -2.35. The monoisotopic (exact) mass is 284 g/mol. The second kappa shape index (κ2) is 6.14. The van der Waals surface area contributed by atoms with Crippen LogP contribution in [0.4, 0.5) is 4.79 Å². The van der Waals surface area contributed by atoms with Crippen molar-refractivity contribution in [3.63, 3.8) is 0 Å². The summed E-state index contributed by atoms with van der Waals surface area (Å²) in [5.41, 5.74) is -0.589. The molecule has 0 aromatic carbocycles. The van der Waals surface area contributed by atoms with Gasteiger partial charge in [0.1, 0.15) is 17.9 Å². The third kappa shape index (κ3) is 4.98. The molecule has 0 bridgehead atoms. The van der Waals surface area contributed by atoms with Crippen molar-refractivity contribution in [2.45, 2.75) is 52.2 Å². The third-order valence-electron chi connectivity index (χ3n) is 2.15. The van der Waals surface area contributed by atoms with Gasteiger partial charge in [0.25, 0.3) is 0 Å². The smallest absolute Gasteiger partial charge is 0.408 e. The number of alkyl carbamates (subject to hydrolysis) is 1. The van der Waals surface area contributed by atoms with Gasteiger partial charge in [-0.25, -0.2) is 9.78 Å². The number of hydrogen-bond acceptors (Lipinski definition) is 5. The summed E-state index contributed by atoms with van der Waals surface area (Å²) in [6, 6.07) is -0.708. The molecule has 1 rings (SSSR count). The van der Waals surface area contributed by atoms with Crippen molar-refractivity contribution >= 4 is 23.7 Å². The number of nitrogens with zero attached hydrogens (tertiary/aromatic N) is 1. The van der Waals surface area contributed by atoms with E-state index in [2.05, 4.69) is 10.3 Å². The lowest BCUT2D eigenvalue weighted by molar-refractivity contribution is -0.109. The predicted octanol–water partition coefficient (Wildman–Crippen LogP) is 3.03. The average Bonchev–Trinajstić information content (AvgIpc) is 2.72. The highest BCUT2D eigenvalue weighted by Crippen LogP contribution is 2.25. The van der Waals surface area contributed by atoms with Gasteiger partial charge in [-0.05, 0) is 20.8 Å². The van der Waals surface area contributed by atoms with E-state index in [9.17, 15) is 9.59 Å². The maximum Gasteiger partial charge on any atom is 0.408 e. The summed E-state index contributed by atoms with van der Waals surface area (Å²) < 4.78 is 5.12. The van der Waals surface area contributed by atoms with E-state index in [0.717, 1.165) is 5.01 Å². The maximum atomic E-state index is 11.6. The van der Waals surface area contributed by atoms with Gasteiger partial charge in [0.2, 0.25) is 0 Å². The first kappa shape index (κ1) is 15.6. The van der Waals surface area contributed by atoms with Gasteiger partial charge in [0.15, 0.2) is 0 Å². The molecule has 0 spiro atoms. The first-order chi connectivity index (χ1) is 8.73. The molecule has 0 fully saturated rings. The first-order valence-corrected chi connectivity index (χ1v) is 6.95. The first-order valence-electron chi connectivity index (χ1n) is 6.13. The molecule has 19 heavy (non-hydrogen) atoms. The Hall–Kier alpha value is -1.43. The topological polar surface area (TPSA) is 68.3 Å². The van der Waals surface area contributed by atoms with Crippen molar-refractivity contribution in [1.29, 1.82) is 0 Å². The van der Waals surface area contributed by atoms with E-state index in [1.165, 1.54) is 11.3 Å². The standard InChI is InChI=1S/C13H20N2O3S/c1-8(2)11-14-6-10(19-11)9(7-16)15-12(17)18-13(3,4)5/h6-9H,1-5H3,(H,15,17). The van der Waals surface area contributed by atoms with Crippen LogP contribution < -0.4 is 5.32 Å². The lowest BCUT2D eigenvalue weighted by atomic mass is 10.2. The molecular weight excluding hydrogens is 264 g/mol. The predicted molar refractivity (Wildman–Crippen MR) is 74.4 cm³/mol. The van der Waals surface area contributed by atoms with Crippen LogP contribution in [0.25, 0.3) is 0 Å². The van der Waals surface area contributed by atoms with Crippen molar-refractivity contribution in [2.75, 3.05) is 0 Å². The summed E-state index contributed by atoms with van der Waals surface area (Å²) in [7, 11) is 0. The molecule has 0 aliphatic rings. The minimum atomic E-state index is -0.708. The fourth-order valence-electron chi connectivity index (χ4n) is 1.32. The molecule has 0 saturated carbocycles. The fourth-order valence-corrected chi connectivity index (χ4v) is 2.25. The highest BCUT2D eigenvalue weighted by molar-refractivity contribution is 7.11. The van der Waals surface area contributed by atoms with Crippen LogP contribution in [-0.2, 0) is 9.53 Å². The van der Waals surface area contributed by atoms with Crippen molar-refractivity contribution in [2.24, 2.45) is 0 Å². The summed E-state index contributed by atoms with van der Waals surface area (Å²) in [6.07, 6.45) is 1.70. The Labute approximate surface area is 117 Å². The maximum absolute atomic E-state index is 11.6. The SMILES string of the molecule is CC(C)c1ncc(C(C=O)NC(=O)OC(C)(C)C)s1. The zero-order chi connectivity index (χ0) is 14.6. The molecule has 6 heteroatoms. The van der Waals surface area contributed by atoms with Gasteiger partial charge in [0, 0.05) is 12.1 Å². The quantitative estimate of drug-likeness (QED) is 0.863. The van der Waals surface area contributed by atoms with Gasteiger partial charge in [-0.2, -0.15) is 0 Å². The molecule has 0 saturated heterocycles. The van der Waals surface area contributed by atoms with E-state index in [-0.39, 0.29) is 0 Å². The molecule has 0 aliphatic carbocycles. The molecular formula is C13H20N2O3S. The molecule has 0 aliphatic heterocycles. The minimum Gasteiger partial charge on any atom is -0.444 e. The van der Waals surface area contributed by atoms with Crippen LogP contribution in [-0.4, -0.2) is 23.0 Å². The van der Waals surface area contributed by atoms with Crippen LogP contribution in [0.1, 0.15) is 56.5 Å². The summed E-state index contributed by atoms with van der Waals surface area (Å²) in [5, 5.41) is 3.47. The Balaban J connectivity index is 2.72. The number of hydrogen-bond donors (Lipinski definition) is 1. The molecule has 0 radical (unpaired) electrons. The molecule has 1 amide bonds. The van der Waals surface area contributed by atoms with E-state index in [1.807, 2.05) is 13.8 Å². The molecule has 106 valence electrons. The van der Waals surface area contributed by atoms with Crippen LogP contribution >= 0.6 is 11.3 Å². The Morgan fingerprint density at radius 2 is 2.11 bits per heavy atom. The molecule has 1 aromatic rings. The number of aromatic nitrogens is 1. The van der Waals surface area contributed by atoms with Gasteiger partial charge < -0.3 is 14.8 Å². The molecule has 1 atom stereocenters. The zero-order valence-corrected chi connectivity index (χ0v) is 12.7. The van der Waals surface area contributed by atoms with Gasteiger partial charge >= 0.3 is 6.09 Å².